The van der Waals surface area contributed by atoms with Gasteiger partial charge in [-0.1, -0.05) is 0 Å². The van der Waals surface area contributed by atoms with Gasteiger partial charge in [0.25, 0.3) is 0 Å². The molecule has 4 heteroatoms. The van der Waals surface area contributed by atoms with Crippen LogP contribution < -0.4 is 0 Å². The summed E-state index contributed by atoms with van der Waals surface area (Å²) >= 11 is 0. The quantitative estimate of drug-likeness (QED) is 0.536. The molecule has 0 fully saturated rings. The Balaban J connectivity index is 2.76. The molecule has 1 aromatic carbocycles. The van der Waals surface area contributed by atoms with Crippen LogP contribution in [0.2, 0.25) is 0 Å². The number of carbonyl (C=O) groups is 1. The maximum Gasteiger partial charge on any atom is 0.189 e. The van der Waals surface area contributed by atoms with E-state index in [9.17, 15) is 20.1 Å². The normalized spacial score (nSPS) is 15.6. The largest absolute Gasteiger partial charge is 0.508 e. The highest BCUT2D eigenvalue weighted by Gasteiger charge is 2.26. The van der Waals surface area contributed by atoms with Gasteiger partial charge in [0.1, 0.15) is 17.6 Å². The summed E-state index contributed by atoms with van der Waals surface area (Å²) in [5.74, 6) is -0.919. The van der Waals surface area contributed by atoms with Crippen LogP contribution in [-0.2, 0) is 0 Å². The second-order valence-corrected chi connectivity index (χ2v) is 2.94. The number of hydrogen-bond acceptors (Lipinski definition) is 4. The average molecular weight is 191 g/mol. The van der Waals surface area contributed by atoms with Crippen LogP contribution in [0.15, 0.2) is 24.3 Å². The third-order valence-electron chi connectivity index (χ3n) is 2.06. The van der Waals surface area contributed by atoms with E-state index in [1.165, 1.54) is 18.2 Å². The summed E-state index contributed by atoms with van der Waals surface area (Å²) in [5.41, 5.74) is -0.0810. The van der Waals surface area contributed by atoms with Crippen LogP contribution in [0.4, 0.5) is 0 Å². The molecule has 0 aliphatic heterocycles. The molecular formula is C10H7O4. The molecular weight excluding hydrogens is 184 g/mol. The zero-order chi connectivity index (χ0) is 10.3. The molecule has 2 rings (SSSR count). The molecule has 1 aromatic rings. The lowest BCUT2D eigenvalue weighted by molar-refractivity contribution is 0.103. The van der Waals surface area contributed by atoms with Crippen LogP contribution in [-0.4, -0.2) is 21.1 Å². The SMILES string of the molecule is O=C1C=C[C](O)c2c(O)ccc(O)c21. The molecule has 0 unspecified atom stereocenters. The molecule has 0 amide bonds. The topological polar surface area (TPSA) is 77.8 Å². The predicted molar refractivity (Wildman–Crippen MR) is 47.5 cm³/mol. The summed E-state index contributed by atoms with van der Waals surface area (Å²) in [4.78, 5) is 11.3. The molecule has 0 heterocycles. The Kier molecular flexibility index (Phi) is 1.79. The van der Waals surface area contributed by atoms with E-state index in [2.05, 4.69) is 0 Å². The monoisotopic (exact) mass is 191 g/mol. The molecule has 0 aromatic heterocycles. The minimum absolute atomic E-state index is 0.0162. The summed E-state index contributed by atoms with van der Waals surface area (Å²) in [6.07, 6.45) is 2.09. The van der Waals surface area contributed by atoms with E-state index < -0.39 is 5.78 Å². The van der Waals surface area contributed by atoms with Crippen LogP contribution in [0.5, 0.6) is 11.5 Å². The number of carbonyl (C=O) groups excluding carboxylic acids is 1. The highest BCUT2D eigenvalue weighted by molar-refractivity contribution is 6.10. The average Bonchev–Trinajstić information content (AvgIpc) is 2.16. The lowest BCUT2D eigenvalue weighted by Gasteiger charge is -2.16. The number of hydrogen-bond donors (Lipinski definition) is 3. The number of allylic oxidation sites excluding steroid dienone is 1. The fourth-order valence-electron chi connectivity index (χ4n) is 1.41. The van der Waals surface area contributed by atoms with Crippen molar-refractivity contribution < 1.29 is 20.1 Å². The van der Waals surface area contributed by atoms with Gasteiger partial charge >= 0.3 is 0 Å². The minimum atomic E-state index is -0.439. The number of phenols is 2. The predicted octanol–water partition coefficient (Wildman–Crippen LogP) is 1.10. The van der Waals surface area contributed by atoms with E-state index >= 15 is 0 Å². The number of fused-ring (bicyclic) bond motifs is 1. The van der Waals surface area contributed by atoms with E-state index in [1.807, 2.05) is 0 Å². The number of benzene rings is 1. The highest BCUT2D eigenvalue weighted by Crippen LogP contribution is 2.36. The molecule has 0 saturated heterocycles. The molecule has 1 aliphatic rings. The second kappa shape index (κ2) is 2.85. The molecule has 0 bridgehead atoms. The molecule has 1 aliphatic carbocycles. The molecule has 0 atom stereocenters. The first-order valence-corrected chi connectivity index (χ1v) is 3.95. The zero-order valence-electron chi connectivity index (χ0n) is 7.06. The van der Waals surface area contributed by atoms with Gasteiger partial charge in [-0.05, 0) is 24.3 Å². The fraction of sp³-hybridized carbons (Fsp3) is 0. The minimum Gasteiger partial charge on any atom is -0.508 e. The lowest BCUT2D eigenvalue weighted by atomic mass is 9.92. The number of rotatable bonds is 0. The van der Waals surface area contributed by atoms with Crippen LogP contribution in [0.1, 0.15) is 15.9 Å². The van der Waals surface area contributed by atoms with Crippen molar-refractivity contribution in [2.75, 3.05) is 0 Å². The lowest BCUT2D eigenvalue weighted by Crippen LogP contribution is -2.11. The number of aromatic hydroxyl groups is 2. The molecule has 3 N–H and O–H groups in total. The summed E-state index contributed by atoms with van der Waals surface area (Å²) in [6, 6.07) is 2.43. The van der Waals surface area contributed by atoms with Crippen molar-refractivity contribution in [3.05, 3.63) is 41.5 Å². The van der Waals surface area contributed by atoms with Crippen molar-refractivity contribution in [1.29, 1.82) is 0 Å². The number of aliphatic hydroxyl groups excluding tert-OH is 1. The Morgan fingerprint density at radius 2 is 1.43 bits per heavy atom. The van der Waals surface area contributed by atoms with Gasteiger partial charge in [-0.2, -0.15) is 0 Å². The van der Waals surface area contributed by atoms with E-state index in [-0.39, 0.29) is 28.7 Å². The van der Waals surface area contributed by atoms with E-state index in [1.54, 1.807) is 0 Å². The first-order chi connectivity index (χ1) is 6.61. The van der Waals surface area contributed by atoms with Crippen LogP contribution in [0.25, 0.3) is 0 Å². The van der Waals surface area contributed by atoms with Crippen LogP contribution >= 0.6 is 0 Å². The smallest absolute Gasteiger partial charge is 0.189 e. The van der Waals surface area contributed by atoms with Crippen molar-refractivity contribution in [2.45, 2.75) is 0 Å². The standard InChI is InChI=1S/C10H7O4/c11-5-1-2-6(12)10-8(14)4-3-7(13)9(5)10/h1-4,11-13H. The van der Waals surface area contributed by atoms with Gasteiger partial charge in [-0.3, -0.25) is 4.79 Å². The molecule has 0 saturated carbocycles. The maximum atomic E-state index is 11.3. The van der Waals surface area contributed by atoms with Crippen molar-refractivity contribution in [2.24, 2.45) is 0 Å². The van der Waals surface area contributed by atoms with Gasteiger partial charge in [0.05, 0.1) is 5.56 Å². The summed E-state index contributed by atoms with van der Waals surface area (Å²) in [7, 11) is 0. The summed E-state index contributed by atoms with van der Waals surface area (Å²) < 4.78 is 0. The third kappa shape index (κ3) is 1.08. The molecule has 1 radical (unpaired) electrons. The highest BCUT2D eigenvalue weighted by atomic mass is 16.3. The zero-order valence-corrected chi connectivity index (χ0v) is 7.06. The van der Waals surface area contributed by atoms with E-state index in [0.29, 0.717) is 0 Å². The second-order valence-electron chi connectivity index (χ2n) is 2.94. The van der Waals surface area contributed by atoms with Crippen molar-refractivity contribution in [3.63, 3.8) is 0 Å². The van der Waals surface area contributed by atoms with Gasteiger partial charge in [0.2, 0.25) is 0 Å². The van der Waals surface area contributed by atoms with Crippen LogP contribution in [0, 0.1) is 6.10 Å². The maximum absolute atomic E-state index is 11.3. The Hall–Kier alpha value is -1.81. The Morgan fingerprint density at radius 1 is 0.857 bits per heavy atom. The first kappa shape index (κ1) is 8.77. The van der Waals surface area contributed by atoms with Gasteiger partial charge in [-0.15, -0.1) is 0 Å². The van der Waals surface area contributed by atoms with E-state index in [0.717, 1.165) is 6.08 Å². The summed E-state index contributed by atoms with van der Waals surface area (Å²) in [5, 5.41) is 28.2. The van der Waals surface area contributed by atoms with Crippen molar-refractivity contribution in [1.82, 2.24) is 0 Å². The Morgan fingerprint density at radius 3 is 2.00 bits per heavy atom. The number of aliphatic hydroxyl groups is 1. The molecule has 0 spiro atoms. The van der Waals surface area contributed by atoms with Crippen molar-refractivity contribution >= 4 is 5.78 Å². The third-order valence-corrected chi connectivity index (χ3v) is 2.06. The molecule has 14 heavy (non-hydrogen) atoms. The first-order valence-electron chi connectivity index (χ1n) is 3.95. The van der Waals surface area contributed by atoms with Crippen molar-refractivity contribution in [3.8, 4) is 11.5 Å². The molecule has 71 valence electrons. The fourth-order valence-corrected chi connectivity index (χ4v) is 1.41. The Labute approximate surface area is 79.7 Å². The number of phenolic OH excluding ortho intramolecular Hbond substituents is 2. The van der Waals surface area contributed by atoms with Gasteiger partial charge < -0.3 is 15.3 Å². The van der Waals surface area contributed by atoms with Gasteiger partial charge in [0.15, 0.2) is 5.78 Å². The Bertz CT molecular complexity index is 434. The van der Waals surface area contributed by atoms with Gasteiger partial charge in [0, 0.05) is 5.56 Å². The number of ketones is 1. The summed E-state index contributed by atoms with van der Waals surface area (Å²) in [6.45, 7) is 0. The van der Waals surface area contributed by atoms with E-state index in [4.69, 9.17) is 0 Å². The van der Waals surface area contributed by atoms with Crippen LogP contribution in [0.3, 0.4) is 0 Å². The molecule has 4 nitrogen and oxygen atoms in total. The van der Waals surface area contributed by atoms with Gasteiger partial charge in [-0.25, -0.2) is 0 Å².